The van der Waals surface area contributed by atoms with Crippen molar-refractivity contribution in [3.8, 4) is 0 Å². The molecule has 0 unspecified atom stereocenters. The van der Waals surface area contributed by atoms with Gasteiger partial charge < -0.3 is 10.1 Å². The highest BCUT2D eigenvalue weighted by Gasteiger charge is 2.21. The van der Waals surface area contributed by atoms with Crippen molar-refractivity contribution in [2.45, 2.75) is 32.8 Å². The van der Waals surface area contributed by atoms with Gasteiger partial charge >= 0.3 is 0 Å². The standard InChI is InChI=1S/C10H17N3OS/c1-2-5-11-10-13-12-9(15-10)7-14-6-8-3-4-8/h8H,2-7H2,1H3,(H,11,13). The zero-order valence-corrected chi connectivity index (χ0v) is 9.85. The Morgan fingerprint density at radius 3 is 3.07 bits per heavy atom. The van der Waals surface area contributed by atoms with E-state index in [0.717, 1.165) is 35.6 Å². The van der Waals surface area contributed by atoms with Gasteiger partial charge in [-0.25, -0.2) is 0 Å². The summed E-state index contributed by atoms with van der Waals surface area (Å²) in [6, 6.07) is 0. The summed E-state index contributed by atoms with van der Waals surface area (Å²) in [4.78, 5) is 0. The van der Waals surface area contributed by atoms with E-state index in [4.69, 9.17) is 4.74 Å². The van der Waals surface area contributed by atoms with Crippen LogP contribution in [-0.4, -0.2) is 23.3 Å². The summed E-state index contributed by atoms with van der Waals surface area (Å²) < 4.78 is 5.54. The second kappa shape index (κ2) is 5.42. The number of aromatic nitrogens is 2. The van der Waals surface area contributed by atoms with Gasteiger partial charge in [0.2, 0.25) is 5.13 Å². The number of anilines is 1. The third kappa shape index (κ3) is 3.76. The van der Waals surface area contributed by atoms with Gasteiger partial charge in [-0.1, -0.05) is 18.3 Å². The zero-order chi connectivity index (χ0) is 10.5. The summed E-state index contributed by atoms with van der Waals surface area (Å²) >= 11 is 1.59. The number of rotatable bonds is 7. The lowest BCUT2D eigenvalue weighted by molar-refractivity contribution is 0.110. The van der Waals surface area contributed by atoms with Gasteiger partial charge in [-0.3, -0.25) is 0 Å². The normalized spacial score (nSPS) is 15.5. The van der Waals surface area contributed by atoms with Gasteiger partial charge in [-0.05, 0) is 25.2 Å². The van der Waals surface area contributed by atoms with Crippen LogP contribution in [0.15, 0.2) is 0 Å². The van der Waals surface area contributed by atoms with Crippen LogP contribution < -0.4 is 5.32 Å². The average molecular weight is 227 g/mol. The Bertz CT molecular complexity index is 299. The molecule has 1 aromatic rings. The van der Waals surface area contributed by atoms with E-state index < -0.39 is 0 Å². The van der Waals surface area contributed by atoms with Crippen LogP contribution in [0.1, 0.15) is 31.2 Å². The lowest BCUT2D eigenvalue weighted by Crippen LogP contribution is -1.98. The molecule has 0 spiro atoms. The van der Waals surface area contributed by atoms with E-state index in [1.54, 1.807) is 11.3 Å². The van der Waals surface area contributed by atoms with Crippen molar-refractivity contribution < 1.29 is 4.74 Å². The van der Waals surface area contributed by atoms with Crippen LogP contribution in [0, 0.1) is 5.92 Å². The van der Waals surface area contributed by atoms with Gasteiger partial charge in [0.25, 0.3) is 0 Å². The lowest BCUT2D eigenvalue weighted by Gasteiger charge is -1.98. The Balaban J connectivity index is 1.68. The summed E-state index contributed by atoms with van der Waals surface area (Å²) in [5.41, 5.74) is 0. The fraction of sp³-hybridized carbons (Fsp3) is 0.800. The molecule has 0 amide bonds. The molecule has 1 N–H and O–H groups in total. The molecule has 0 atom stereocenters. The molecule has 4 nitrogen and oxygen atoms in total. The smallest absolute Gasteiger partial charge is 0.205 e. The Labute approximate surface area is 94.1 Å². The molecular weight excluding hydrogens is 210 g/mol. The molecule has 2 rings (SSSR count). The van der Waals surface area contributed by atoms with Crippen LogP contribution in [0.4, 0.5) is 5.13 Å². The predicted octanol–water partition coefficient (Wildman–Crippen LogP) is 2.29. The van der Waals surface area contributed by atoms with Crippen LogP contribution in [0.3, 0.4) is 0 Å². The van der Waals surface area contributed by atoms with Crippen molar-refractivity contribution in [2.24, 2.45) is 5.92 Å². The molecule has 1 aliphatic carbocycles. The minimum Gasteiger partial charge on any atom is -0.374 e. The first-order valence-electron chi connectivity index (χ1n) is 5.52. The second-order valence-corrected chi connectivity index (χ2v) is 4.95. The summed E-state index contributed by atoms with van der Waals surface area (Å²) in [6.07, 6.45) is 3.77. The number of nitrogens with zero attached hydrogens (tertiary/aromatic N) is 2. The number of ether oxygens (including phenoxy) is 1. The summed E-state index contributed by atoms with van der Waals surface area (Å²) in [5, 5.41) is 13.2. The highest BCUT2D eigenvalue weighted by Crippen LogP contribution is 2.29. The zero-order valence-electron chi connectivity index (χ0n) is 9.03. The van der Waals surface area contributed by atoms with Crippen LogP contribution in [0.5, 0.6) is 0 Å². The van der Waals surface area contributed by atoms with E-state index in [9.17, 15) is 0 Å². The topological polar surface area (TPSA) is 47.0 Å². The quantitative estimate of drug-likeness (QED) is 0.776. The number of hydrogen-bond acceptors (Lipinski definition) is 5. The minimum absolute atomic E-state index is 0.613. The van der Waals surface area contributed by atoms with Crippen LogP contribution in [-0.2, 0) is 11.3 Å². The van der Waals surface area contributed by atoms with Gasteiger partial charge in [0.05, 0.1) is 0 Å². The van der Waals surface area contributed by atoms with Gasteiger partial charge in [0, 0.05) is 13.2 Å². The van der Waals surface area contributed by atoms with Crippen LogP contribution >= 0.6 is 11.3 Å². The highest BCUT2D eigenvalue weighted by molar-refractivity contribution is 7.15. The molecule has 1 aliphatic rings. The maximum Gasteiger partial charge on any atom is 0.205 e. The largest absolute Gasteiger partial charge is 0.374 e. The van der Waals surface area contributed by atoms with Crippen molar-refractivity contribution in [1.29, 1.82) is 0 Å². The average Bonchev–Trinajstić information content (AvgIpc) is 2.95. The van der Waals surface area contributed by atoms with Gasteiger partial charge in [0.1, 0.15) is 11.6 Å². The highest BCUT2D eigenvalue weighted by atomic mass is 32.1. The van der Waals surface area contributed by atoms with E-state index in [0.29, 0.717) is 6.61 Å². The van der Waals surface area contributed by atoms with Gasteiger partial charge in [0.15, 0.2) is 0 Å². The monoisotopic (exact) mass is 227 g/mol. The molecule has 84 valence electrons. The predicted molar refractivity (Wildman–Crippen MR) is 61.1 cm³/mol. The molecule has 1 heterocycles. The van der Waals surface area contributed by atoms with Crippen molar-refractivity contribution in [2.75, 3.05) is 18.5 Å². The van der Waals surface area contributed by atoms with Crippen molar-refractivity contribution >= 4 is 16.5 Å². The number of nitrogens with one attached hydrogen (secondary N) is 1. The SMILES string of the molecule is CCCNc1nnc(COCC2CC2)s1. The number of hydrogen-bond donors (Lipinski definition) is 1. The third-order valence-electron chi connectivity index (χ3n) is 2.27. The van der Waals surface area contributed by atoms with E-state index in [1.807, 2.05) is 0 Å². The fourth-order valence-electron chi connectivity index (χ4n) is 1.21. The van der Waals surface area contributed by atoms with Crippen molar-refractivity contribution in [3.05, 3.63) is 5.01 Å². The molecule has 1 fully saturated rings. The first-order chi connectivity index (χ1) is 7.38. The van der Waals surface area contributed by atoms with E-state index >= 15 is 0 Å². The molecule has 5 heteroatoms. The summed E-state index contributed by atoms with van der Waals surface area (Å²) in [6.45, 7) is 4.59. The lowest BCUT2D eigenvalue weighted by atomic mass is 10.5. The van der Waals surface area contributed by atoms with Crippen LogP contribution in [0.25, 0.3) is 0 Å². The van der Waals surface area contributed by atoms with E-state index in [2.05, 4.69) is 22.4 Å². The molecule has 0 aromatic carbocycles. The molecule has 0 aliphatic heterocycles. The first kappa shape index (κ1) is 10.8. The molecule has 0 saturated heterocycles. The Morgan fingerprint density at radius 2 is 2.33 bits per heavy atom. The van der Waals surface area contributed by atoms with E-state index in [-0.39, 0.29) is 0 Å². The van der Waals surface area contributed by atoms with Crippen LogP contribution in [0.2, 0.25) is 0 Å². The van der Waals surface area contributed by atoms with Gasteiger partial charge in [-0.2, -0.15) is 0 Å². The Kier molecular flexibility index (Phi) is 3.91. The molecule has 1 aromatic heterocycles. The third-order valence-corrected chi connectivity index (χ3v) is 3.12. The Morgan fingerprint density at radius 1 is 1.47 bits per heavy atom. The molecular formula is C10H17N3OS. The first-order valence-corrected chi connectivity index (χ1v) is 6.34. The second-order valence-electron chi connectivity index (χ2n) is 3.89. The molecule has 15 heavy (non-hydrogen) atoms. The van der Waals surface area contributed by atoms with Crippen molar-refractivity contribution in [3.63, 3.8) is 0 Å². The summed E-state index contributed by atoms with van der Waals surface area (Å²) in [5.74, 6) is 0.815. The maximum atomic E-state index is 5.54. The van der Waals surface area contributed by atoms with Crippen molar-refractivity contribution in [1.82, 2.24) is 10.2 Å². The Hall–Kier alpha value is -0.680. The summed E-state index contributed by atoms with van der Waals surface area (Å²) in [7, 11) is 0. The minimum atomic E-state index is 0.613. The fourth-order valence-corrected chi connectivity index (χ4v) is 1.92. The maximum absolute atomic E-state index is 5.54. The molecule has 1 saturated carbocycles. The van der Waals surface area contributed by atoms with Gasteiger partial charge in [-0.15, -0.1) is 10.2 Å². The molecule has 0 bridgehead atoms. The van der Waals surface area contributed by atoms with E-state index in [1.165, 1.54) is 12.8 Å². The molecule has 0 radical (unpaired) electrons.